The van der Waals surface area contributed by atoms with Crippen LogP contribution in [0.25, 0.3) is 0 Å². The summed E-state index contributed by atoms with van der Waals surface area (Å²) in [6.45, 7) is 1.09. The summed E-state index contributed by atoms with van der Waals surface area (Å²) in [6, 6.07) is 14.9. The van der Waals surface area contributed by atoms with Gasteiger partial charge in [0.25, 0.3) is 0 Å². The SMILES string of the molecule is CN=C(NCc1c(F)cccc1OC(F)F)NC1CCN(C(C)c2ccccc2)CC1.I. The van der Waals surface area contributed by atoms with Crippen LogP contribution in [-0.4, -0.2) is 43.6 Å². The van der Waals surface area contributed by atoms with Crippen molar-refractivity contribution in [3.8, 4) is 5.75 Å². The predicted molar refractivity (Wildman–Crippen MR) is 131 cm³/mol. The number of benzene rings is 2. The zero-order valence-corrected chi connectivity index (χ0v) is 20.6. The molecule has 1 saturated heterocycles. The standard InChI is InChI=1S/C23H29F3N4O.HI/c1-16(17-7-4-3-5-8-17)30-13-11-18(12-14-30)29-23(27-2)28-15-19-20(24)9-6-10-21(19)31-22(25)26;/h3-10,16,18,22H,11-15H2,1-2H3,(H2,27,28,29);1H. The molecular weight excluding hydrogens is 532 g/mol. The van der Waals surface area contributed by atoms with Crippen LogP contribution in [0.5, 0.6) is 5.75 Å². The Morgan fingerprint density at radius 1 is 1.12 bits per heavy atom. The maximum atomic E-state index is 14.1. The summed E-state index contributed by atoms with van der Waals surface area (Å²) >= 11 is 0. The van der Waals surface area contributed by atoms with E-state index >= 15 is 0 Å². The van der Waals surface area contributed by atoms with Crippen molar-refractivity contribution in [1.82, 2.24) is 15.5 Å². The number of hydrogen-bond donors (Lipinski definition) is 2. The molecule has 1 fully saturated rings. The number of alkyl halides is 2. The van der Waals surface area contributed by atoms with Crippen molar-refractivity contribution >= 4 is 29.9 Å². The van der Waals surface area contributed by atoms with Gasteiger partial charge < -0.3 is 15.4 Å². The number of rotatable bonds is 7. The number of likely N-dealkylation sites (tertiary alicyclic amines) is 1. The molecule has 2 aromatic rings. The van der Waals surface area contributed by atoms with E-state index in [4.69, 9.17) is 0 Å². The third-order valence-electron chi connectivity index (χ3n) is 5.65. The first kappa shape index (κ1) is 26.2. The van der Waals surface area contributed by atoms with Crippen molar-refractivity contribution < 1.29 is 17.9 Å². The summed E-state index contributed by atoms with van der Waals surface area (Å²) in [4.78, 5) is 6.64. The van der Waals surface area contributed by atoms with E-state index in [1.807, 2.05) is 6.07 Å². The quantitative estimate of drug-likeness (QED) is 0.286. The maximum absolute atomic E-state index is 14.1. The fourth-order valence-corrected chi connectivity index (χ4v) is 3.85. The normalized spacial score (nSPS) is 16.4. The fraction of sp³-hybridized carbons (Fsp3) is 0.435. The predicted octanol–water partition coefficient (Wildman–Crippen LogP) is 4.94. The van der Waals surface area contributed by atoms with Gasteiger partial charge in [0.1, 0.15) is 11.6 Å². The molecule has 2 aromatic carbocycles. The average Bonchev–Trinajstić information content (AvgIpc) is 2.78. The van der Waals surface area contributed by atoms with Crippen molar-refractivity contribution in [3.05, 3.63) is 65.5 Å². The number of guanidine groups is 1. The van der Waals surface area contributed by atoms with Gasteiger partial charge in [-0.3, -0.25) is 9.89 Å². The van der Waals surface area contributed by atoms with E-state index in [0.717, 1.165) is 25.9 Å². The monoisotopic (exact) mass is 562 g/mol. The number of hydrogen-bond acceptors (Lipinski definition) is 3. The van der Waals surface area contributed by atoms with Gasteiger partial charge in [0, 0.05) is 44.3 Å². The number of nitrogens with one attached hydrogen (secondary N) is 2. The zero-order chi connectivity index (χ0) is 22.2. The molecule has 9 heteroatoms. The highest BCUT2D eigenvalue weighted by molar-refractivity contribution is 14.0. The Kier molecular flexibility index (Phi) is 10.6. The number of aliphatic imine (C=N–C) groups is 1. The molecule has 5 nitrogen and oxygen atoms in total. The molecule has 32 heavy (non-hydrogen) atoms. The van der Waals surface area contributed by atoms with Crippen LogP contribution in [0.3, 0.4) is 0 Å². The van der Waals surface area contributed by atoms with Crippen LogP contribution in [0.15, 0.2) is 53.5 Å². The highest BCUT2D eigenvalue weighted by atomic mass is 127. The van der Waals surface area contributed by atoms with Crippen molar-refractivity contribution in [3.63, 3.8) is 0 Å². The number of halogens is 4. The molecule has 0 spiro atoms. The Hall–Kier alpha value is -2.01. The maximum Gasteiger partial charge on any atom is 0.387 e. The third-order valence-corrected chi connectivity index (χ3v) is 5.65. The largest absolute Gasteiger partial charge is 0.434 e. The molecule has 0 amide bonds. The van der Waals surface area contributed by atoms with Gasteiger partial charge in [-0.2, -0.15) is 8.78 Å². The molecule has 3 rings (SSSR count). The van der Waals surface area contributed by atoms with E-state index in [0.29, 0.717) is 12.0 Å². The van der Waals surface area contributed by atoms with E-state index in [1.165, 1.54) is 23.8 Å². The van der Waals surface area contributed by atoms with Crippen LogP contribution in [-0.2, 0) is 6.54 Å². The Morgan fingerprint density at radius 2 is 1.81 bits per heavy atom. The Morgan fingerprint density at radius 3 is 2.44 bits per heavy atom. The van der Waals surface area contributed by atoms with Crippen LogP contribution in [0.2, 0.25) is 0 Å². The van der Waals surface area contributed by atoms with E-state index in [1.54, 1.807) is 7.05 Å². The number of ether oxygens (including phenoxy) is 1. The molecule has 0 saturated carbocycles. The first-order valence-corrected chi connectivity index (χ1v) is 10.5. The lowest BCUT2D eigenvalue weighted by Gasteiger charge is -2.37. The lowest BCUT2D eigenvalue weighted by atomic mass is 10.0. The van der Waals surface area contributed by atoms with E-state index in [2.05, 4.69) is 56.5 Å². The van der Waals surface area contributed by atoms with Crippen LogP contribution in [0.4, 0.5) is 13.2 Å². The molecule has 1 heterocycles. The molecule has 0 radical (unpaired) electrons. The minimum absolute atomic E-state index is 0. The topological polar surface area (TPSA) is 48.9 Å². The smallest absolute Gasteiger partial charge is 0.387 e. The molecule has 1 unspecified atom stereocenters. The molecular formula is C23H30F3IN4O. The van der Waals surface area contributed by atoms with E-state index in [9.17, 15) is 13.2 Å². The van der Waals surface area contributed by atoms with Gasteiger partial charge in [0.2, 0.25) is 0 Å². The van der Waals surface area contributed by atoms with E-state index in [-0.39, 0.29) is 47.9 Å². The third kappa shape index (κ3) is 7.26. The lowest BCUT2D eigenvalue weighted by Crippen LogP contribution is -2.48. The van der Waals surface area contributed by atoms with Gasteiger partial charge in [-0.25, -0.2) is 4.39 Å². The van der Waals surface area contributed by atoms with Crippen molar-refractivity contribution in [1.29, 1.82) is 0 Å². The second-order valence-electron chi connectivity index (χ2n) is 7.56. The summed E-state index contributed by atoms with van der Waals surface area (Å²) in [5.41, 5.74) is 1.34. The Labute approximate surface area is 204 Å². The minimum Gasteiger partial charge on any atom is -0.434 e. The number of nitrogens with zero attached hydrogens (tertiary/aromatic N) is 2. The summed E-state index contributed by atoms with van der Waals surface area (Å²) < 4.78 is 43.8. The summed E-state index contributed by atoms with van der Waals surface area (Å²) in [5.74, 6) is -0.286. The van der Waals surface area contributed by atoms with Gasteiger partial charge >= 0.3 is 6.61 Å². The van der Waals surface area contributed by atoms with Crippen LogP contribution >= 0.6 is 24.0 Å². The molecule has 0 bridgehead atoms. The molecule has 1 aliphatic rings. The van der Waals surface area contributed by atoms with Crippen LogP contribution in [0.1, 0.15) is 36.9 Å². The number of piperidine rings is 1. The second-order valence-corrected chi connectivity index (χ2v) is 7.56. The molecule has 1 atom stereocenters. The average molecular weight is 562 g/mol. The lowest BCUT2D eigenvalue weighted by molar-refractivity contribution is -0.0506. The molecule has 0 aliphatic carbocycles. The first-order valence-electron chi connectivity index (χ1n) is 10.5. The van der Waals surface area contributed by atoms with Crippen molar-refractivity contribution in [2.24, 2.45) is 4.99 Å². The van der Waals surface area contributed by atoms with Crippen molar-refractivity contribution in [2.75, 3.05) is 20.1 Å². The summed E-state index contributed by atoms with van der Waals surface area (Å²) in [7, 11) is 1.62. The van der Waals surface area contributed by atoms with Crippen LogP contribution < -0.4 is 15.4 Å². The highest BCUT2D eigenvalue weighted by Crippen LogP contribution is 2.25. The van der Waals surface area contributed by atoms with Gasteiger partial charge in [-0.05, 0) is 37.5 Å². The zero-order valence-electron chi connectivity index (χ0n) is 18.2. The van der Waals surface area contributed by atoms with Crippen molar-refractivity contribution in [2.45, 2.75) is 45.0 Å². The highest BCUT2D eigenvalue weighted by Gasteiger charge is 2.24. The van der Waals surface area contributed by atoms with Gasteiger partial charge in [0.15, 0.2) is 5.96 Å². The summed E-state index contributed by atoms with van der Waals surface area (Å²) in [6.07, 6.45) is 1.88. The molecule has 0 aromatic heterocycles. The Balaban J connectivity index is 0.00000363. The molecule has 176 valence electrons. The van der Waals surface area contributed by atoms with Gasteiger partial charge in [0.05, 0.1) is 0 Å². The molecule has 1 aliphatic heterocycles. The minimum atomic E-state index is -3.01. The molecule has 2 N–H and O–H groups in total. The fourth-order valence-electron chi connectivity index (χ4n) is 3.85. The van der Waals surface area contributed by atoms with Gasteiger partial charge in [-0.1, -0.05) is 36.4 Å². The van der Waals surface area contributed by atoms with E-state index < -0.39 is 12.4 Å². The Bertz CT molecular complexity index is 862. The summed E-state index contributed by atoms with van der Waals surface area (Å²) in [5, 5.41) is 6.36. The second kappa shape index (κ2) is 12.9. The van der Waals surface area contributed by atoms with Gasteiger partial charge in [-0.15, -0.1) is 24.0 Å². The van der Waals surface area contributed by atoms with Crippen LogP contribution in [0, 0.1) is 5.82 Å². The first-order chi connectivity index (χ1) is 15.0.